The average molecular weight is 502 g/mol. The SMILES string of the molecule is CCOc1ccc(-c2cc3ccccn3c2C(=O)C(=O)Nc2ccc3c(c2)c2ccccc2n3CC)cc1. The molecule has 0 atom stereocenters. The highest BCUT2D eigenvalue weighted by atomic mass is 16.5. The van der Waals surface area contributed by atoms with Crippen LogP contribution in [0.1, 0.15) is 24.3 Å². The average Bonchev–Trinajstić information content (AvgIpc) is 3.49. The van der Waals surface area contributed by atoms with Gasteiger partial charge in [-0.1, -0.05) is 36.4 Å². The molecule has 1 N–H and O–H groups in total. The standard InChI is InChI=1S/C32H27N3O3/c1-3-34-28-11-6-5-10-25(28)27-19-22(14-17-29(27)34)33-32(37)31(36)30-26(20-23-9-7-8-18-35(23)30)21-12-15-24(16-13-21)38-4-2/h5-20H,3-4H2,1-2H3,(H,33,37). The highest BCUT2D eigenvalue weighted by molar-refractivity contribution is 6.47. The Morgan fingerprint density at radius 3 is 2.37 bits per heavy atom. The van der Waals surface area contributed by atoms with Crippen LogP contribution in [0.2, 0.25) is 0 Å². The third kappa shape index (κ3) is 3.91. The summed E-state index contributed by atoms with van der Waals surface area (Å²) in [5, 5.41) is 5.00. The van der Waals surface area contributed by atoms with Gasteiger partial charge in [-0.05, 0) is 74.0 Å². The summed E-state index contributed by atoms with van der Waals surface area (Å²) in [6, 6.07) is 29.2. The summed E-state index contributed by atoms with van der Waals surface area (Å²) in [4.78, 5) is 27.0. The van der Waals surface area contributed by atoms with Crippen molar-refractivity contribution in [3.05, 3.63) is 103 Å². The monoisotopic (exact) mass is 501 g/mol. The van der Waals surface area contributed by atoms with Gasteiger partial charge in [0, 0.05) is 51.3 Å². The fourth-order valence-corrected chi connectivity index (χ4v) is 5.24. The van der Waals surface area contributed by atoms with E-state index in [0.29, 0.717) is 23.6 Å². The Bertz CT molecular complexity index is 1830. The van der Waals surface area contributed by atoms with Crippen molar-refractivity contribution in [2.24, 2.45) is 0 Å². The maximum absolute atomic E-state index is 13.7. The highest BCUT2D eigenvalue weighted by Crippen LogP contribution is 2.32. The maximum Gasteiger partial charge on any atom is 0.298 e. The van der Waals surface area contributed by atoms with Gasteiger partial charge in [0.05, 0.1) is 6.61 Å². The Kier molecular flexibility index (Phi) is 5.92. The van der Waals surface area contributed by atoms with Crippen LogP contribution in [0.3, 0.4) is 0 Å². The lowest BCUT2D eigenvalue weighted by atomic mass is 10.0. The summed E-state index contributed by atoms with van der Waals surface area (Å²) in [5.41, 5.74) is 5.51. The lowest BCUT2D eigenvalue weighted by Gasteiger charge is -2.09. The van der Waals surface area contributed by atoms with Crippen LogP contribution in [0, 0.1) is 0 Å². The number of amides is 1. The van der Waals surface area contributed by atoms with Crippen LogP contribution >= 0.6 is 0 Å². The van der Waals surface area contributed by atoms with Crippen molar-refractivity contribution in [1.82, 2.24) is 8.97 Å². The number of aromatic nitrogens is 2. The number of fused-ring (bicyclic) bond motifs is 4. The van der Waals surface area contributed by atoms with Gasteiger partial charge in [-0.15, -0.1) is 0 Å². The molecule has 0 unspecified atom stereocenters. The zero-order chi connectivity index (χ0) is 26.2. The molecular formula is C32H27N3O3. The number of benzene rings is 3. The molecule has 0 aliphatic carbocycles. The van der Waals surface area contributed by atoms with Crippen molar-refractivity contribution in [3.8, 4) is 16.9 Å². The summed E-state index contributed by atoms with van der Waals surface area (Å²) in [7, 11) is 0. The first-order valence-corrected chi connectivity index (χ1v) is 12.8. The molecule has 38 heavy (non-hydrogen) atoms. The molecule has 3 aromatic carbocycles. The van der Waals surface area contributed by atoms with Crippen LogP contribution in [0.25, 0.3) is 38.4 Å². The lowest BCUT2D eigenvalue weighted by Crippen LogP contribution is -2.24. The zero-order valence-electron chi connectivity index (χ0n) is 21.3. The number of carbonyl (C=O) groups excluding carboxylic acids is 2. The van der Waals surface area contributed by atoms with Gasteiger partial charge >= 0.3 is 0 Å². The van der Waals surface area contributed by atoms with E-state index >= 15 is 0 Å². The van der Waals surface area contributed by atoms with Gasteiger partial charge in [-0.2, -0.15) is 0 Å². The number of anilines is 1. The summed E-state index contributed by atoms with van der Waals surface area (Å²) in [6.07, 6.45) is 1.81. The predicted molar refractivity (Wildman–Crippen MR) is 152 cm³/mol. The Hall–Kier alpha value is -4.84. The number of aryl methyl sites for hydroxylation is 1. The van der Waals surface area contributed by atoms with Crippen molar-refractivity contribution in [1.29, 1.82) is 0 Å². The number of Topliss-reactive ketones (excluding diaryl/α,β-unsaturated/α-hetero) is 1. The number of hydrogen-bond donors (Lipinski definition) is 1. The molecule has 0 spiro atoms. The molecule has 0 aliphatic rings. The fourth-order valence-electron chi connectivity index (χ4n) is 5.24. The molecule has 0 radical (unpaired) electrons. The quantitative estimate of drug-likeness (QED) is 0.190. The van der Waals surface area contributed by atoms with Gasteiger partial charge in [0.15, 0.2) is 0 Å². The molecule has 6 rings (SSSR count). The molecular weight excluding hydrogens is 474 g/mol. The van der Waals surface area contributed by atoms with E-state index in [1.54, 1.807) is 10.6 Å². The van der Waals surface area contributed by atoms with Gasteiger partial charge in [0.25, 0.3) is 11.7 Å². The summed E-state index contributed by atoms with van der Waals surface area (Å²) >= 11 is 0. The van der Waals surface area contributed by atoms with Gasteiger partial charge in [-0.25, -0.2) is 0 Å². The lowest BCUT2D eigenvalue weighted by molar-refractivity contribution is -0.112. The number of pyridine rings is 1. The van der Waals surface area contributed by atoms with Gasteiger partial charge in [-0.3, -0.25) is 9.59 Å². The minimum absolute atomic E-state index is 0.325. The Balaban J connectivity index is 1.37. The Labute approximate surface area is 220 Å². The normalized spacial score (nSPS) is 11.3. The molecule has 3 heterocycles. The van der Waals surface area contributed by atoms with Crippen molar-refractivity contribution < 1.29 is 14.3 Å². The molecule has 0 bridgehead atoms. The molecule has 6 nitrogen and oxygen atoms in total. The van der Waals surface area contributed by atoms with Crippen molar-refractivity contribution >= 4 is 44.7 Å². The number of para-hydroxylation sites is 1. The van der Waals surface area contributed by atoms with E-state index < -0.39 is 11.7 Å². The number of nitrogens with one attached hydrogen (secondary N) is 1. The van der Waals surface area contributed by atoms with E-state index in [-0.39, 0.29) is 0 Å². The van der Waals surface area contributed by atoms with Crippen LogP contribution in [0.5, 0.6) is 5.75 Å². The zero-order valence-corrected chi connectivity index (χ0v) is 21.3. The van der Waals surface area contributed by atoms with E-state index in [1.165, 1.54) is 0 Å². The summed E-state index contributed by atoms with van der Waals surface area (Å²) in [6.45, 7) is 5.46. The molecule has 0 aliphatic heterocycles. The summed E-state index contributed by atoms with van der Waals surface area (Å²) in [5.74, 6) is -0.527. The molecule has 188 valence electrons. The largest absolute Gasteiger partial charge is 0.494 e. The second-order valence-corrected chi connectivity index (χ2v) is 9.14. The Morgan fingerprint density at radius 1 is 0.816 bits per heavy atom. The van der Waals surface area contributed by atoms with Gasteiger partial charge in [0.1, 0.15) is 11.4 Å². The number of hydrogen-bond acceptors (Lipinski definition) is 3. The van der Waals surface area contributed by atoms with Crippen LogP contribution in [-0.4, -0.2) is 27.3 Å². The molecule has 6 heteroatoms. The fraction of sp³-hybridized carbons (Fsp3) is 0.125. The minimum atomic E-state index is -0.681. The molecule has 0 fully saturated rings. The van der Waals surface area contributed by atoms with Gasteiger partial charge < -0.3 is 19.0 Å². The second kappa shape index (κ2) is 9.56. The van der Waals surface area contributed by atoms with Crippen LogP contribution in [0.15, 0.2) is 97.2 Å². The molecule has 0 saturated carbocycles. The topological polar surface area (TPSA) is 64.7 Å². The number of nitrogens with zero attached hydrogens (tertiary/aromatic N) is 2. The maximum atomic E-state index is 13.7. The van der Waals surface area contributed by atoms with Crippen LogP contribution in [0.4, 0.5) is 5.69 Å². The van der Waals surface area contributed by atoms with Crippen LogP contribution in [-0.2, 0) is 11.3 Å². The predicted octanol–water partition coefficient (Wildman–Crippen LogP) is 6.95. The van der Waals surface area contributed by atoms with Crippen molar-refractivity contribution in [2.45, 2.75) is 20.4 Å². The first-order valence-electron chi connectivity index (χ1n) is 12.8. The highest BCUT2D eigenvalue weighted by Gasteiger charge is 2.25. The number of rotatable bonds is 7. The minimum Gasteiger partial charge on any atom is -0.494 e. The summed E-state index contributed by atoms with van der Waals surface area (Å²) < 4.78 is 9.58. The molecule has 3 aromatic heterocycles. The number of carbonyl (C=O) groups is 2. The number of ketones is 1. The second-order valence-electron chi connectivity index (χ2n) is 9.14. The Morgan fingerprint density at radius 2 is 1.58 bits per heavy atom. The molecule has 6 aromatic rings. The van der Waals surface area contributed by atoms with E-state index in [9.17, 15) is 9.59 Å². The van der Waals surface area contributed by atoms with E-state index in [2.05, 4.69) is 28.9 Å². The van der Waals surface area contributed by atoms with E-state index in [0.717, 1.165) is 45.2 Å². The first-order chi connectivity index (χ1) is 18.6. The first kappa shape index (κ1) is 23.6. The smallest absolute Gasteiger partial charge is 0.298 e. The molecule has 1 amide bonds. The number of ether oxygens (including phenoxy) is 1. The van der Waals surface area contributed by atoms with E-state index in [1.807, 2.05) is 85.8 Å². The van der Waals surface area contributed by atoms with E-state index in [4.69, 9.17) is 4.74 Å². The molecule has 0 saturated heterocycles. The van der Waals surface area contributed by atoms with Crippen LogP contribution < -0.4 is 10.1 Å². The van der Waals surface area contributed by atoms with Crippen molar-refractivity contribution in [2.75, 3.05) is 11.9 Å². The van der Waals surface area contributed by atoms with Gasteiger partial charge in [0.2, 0.25) is 0 Å². The third-order valence-corrected chi connectivity index (χ3v) is 6.92. The third-order valence-electron chi connectivity index (χ3n) is 6.92. The van der Waals surface area contributed by atoms with Crippen molar-refractivity contribution in [3.63, 3.8) is 0 Å².